The second-order valence-corrected chi connectivity index (χ2v) is 9.26. The van der Waals surface area contributed by atoms with E-state index in [2.05, 4.69) is 73.6 Å². The van der Waals surface area contributed by atoms with Crippen LogP contribution in [0.5, 0.6) is 0 Å². The highest BCUT2D eigenvalue weighted by atomic mass is 79.9. The highest BCUT2D eigenvalue weighted by Crippen LogP contribution is 2.26. The number of benzene rings is 1. The Kier molecular flexibility index (Phi) is 5.54. The van der Waals surface area contributed by atoms with Crippen LogP contribution in [0.1, 0.15) is 23.3 Å². The molecule has 1 aromatic carbocycles. The molecule has 2 aromatic rings. The van der Waals surface area contributed by atoms with E-state index in [0.29, 0.717) is 5.92 Å². The molecule has 0 aliphatic heterocycles. The van der Waals surface area contributed by atoms with Gasteiger partial charge in [-0.2, -0.15) is 0 Å². The number of hydrogen-bond donors (Lipinski definition) is 1. The summed E-state index contributed by atoms with van der Waals surface area (Å²) in [6.07, 6.45) is 5.00. The van der Waals surface area contributed by atoms with Gasteiger partial charge in [0.2, 0.25) is 0 Å². The topological polar surface area (TPSA) is 12.0 Å². The lowest BCUT2D eigenvalue weighted by atomic mass is 9.95. The zero-order valence-corrected chi connectivity index (χ0v) is 15.8. The lowest BCUT2D eigenvalue weighted by Gasteiger charge is -2.17. The maximum Gasteiger partial charge on any atom is 0.0701 e. The van der Waals surface area contributed by atoms with Crippen molar-refractivity contribution in [3.63, 3.8) is 0 Å². The van der Waals surface area contributed by atoms with E-state index in [-0.39, 0.29) is 0 Å². The summed E-state index contributed by atoms with van der Waals surface area (Å²) >= 11 is 9.00. The van der Waals surface area contributed by atoms with Gasteiger partial charge in [0.15, 0.2) is 0 Å². The smallest absolute Gasteiger partial charge is 0.0701 e. The third-order valence-electron chi connectivity index (χ3n) is 3.80. The molecule has 0 saturated heterocycles. The largest absolute Gasteiger partial charge is 0.314 e. The molecule has 3 rings (SSSR count). The number of halogens is 2. The first-order chi connectivity index (χ1) is 10.2. The number of hydrogen-bond acceptors (Lipinski definition) is 2. The quantitative estimate of drug-likeness (QED) is 0.620. The first-order valence-electron chi connectivity index (χ1n) is 7.41. The van der Waals surface area contributed by atoms with Gasteiger partial charge in [0.25, 0.3) is 0 Å². The molecular weight excluding hydrogens is 410 g/mol. The molecule has 21 heavy (non-hydrogen) atoms. The van der Waals surface area contributed by atoms with E-state index >= 15 is 0 Å². The van der Waals surface area contributed by atoms with Crippen molar-refractivity contribution >= 4 is 43.2 Å². The van der Waals surface area contributed by atoms with E-state index in [1.54, 1.807) is 0 Å². The van der Waals surface area contributed by atoms with Crippen LogP contribution in [-0.2, 0) is 12.8 Å². The minimum absolute atomic E-state index is 0.658. The van der Waals surface area contributed by atoms with Crippen LogP contribution < -0.4 is 5.32 Å². The first kappa shape index (κ1) is 15.7. The summed E-state index contributed by atoms with van der Waals surface area (Å²) in [6, 6.07) is 13.9. The predicted molar refractivity (Wildman–Crippen MR) is 98.1 cm³/mol. The Morgan fingerprint density at radius 1 is 1.14 bits per heavy atom. The number of rotatable bonds is 7. The Bertz CT molecular complexity index is 592. The van der Waals surface area contributed by atoms with Gasteiger partial charge in [-0.05, 0) is 83.9 Å². The van der Waals surface area contributed by atoms with Crippen LogP contribution in [0, 0.1) is 5.92 Å². The predicted octanol–water partition coefficient (Wildman–Crippen LogP) is 5.43. The van der Waals surface area contributed by atoms with Crippen LogP contribution >= 0.6 is 43.2 Å². The Morgan fingerprint density at radius 3 is 2.67 bits per heavy atom. The number of nitrogens with one attached hydrogen (secondary N) is 1. The van der Waals surface area contributed by atoms with Crippen LogP contribution in [0.15, 0.2) is 44.7 Å². The summed E-state index contributed by atoms with van der Waals surface area (Å²) in [6.45, 7) is 1.12. The van der Waals surface area contributed by atoms with Gasteiger partial charge in [-0.15, -0.1) is 11.3 Å². The second kappa shape index (κ2) is 7.40. The minimum atomic E-state index is 0.658. The molecule has 1 fully saturated rings. The van der Waals surface area contributed by atoms with Crippen molar-refractivity contribution in [2.75, 3.05) is 6.54 Å². The molecule has 4 heteroatoms. The van der Waals surface area contributed by atoms with Crippen LogP contribution in [0.4, 0.5) is 0 Å². The van der Waals surface area contributed by atoms with Gasteiger partial charge in [0.1, 0.15) is 0 Å². The Hall–Kier alpha value is -0.160. The molecule has 1 saturated carbocycles. The molecule has 1 nitrogen and oxygen atoms in total. The third kappa shape index (κ3) is 5.20. The zero-order valence-electron chi connectivity index (χ0n) is 11.8. The molecule has 1 aromatic heterocycles. The molecule has 112 valence electrons. The minimum Gasteiger partial charge on any atom is -0.314 e. The van der Waals surface area contributed by atoms with Crippen molar-refractivity contribution in [3.05, 3.63) is 55.1 Å². The van der Waals surface area contributed by atoms with Gasteiger partial charge in [-0.1, -0.05) is 28.1 Å². The van der Waals surface area contributed by atoms with Crippen molar-refractivity contribution in [1.82, 2.24) is 5.32 Å². The molecule has 1 N–H and O–H groups in total. The van der Waals surface area contributed by atoms with Crippen molar-refractivity contribution in [2.24, 2.45) is 5.92 Å². The lowest BCUT2D eigenvalue weighted by molar-refractivity contribution is 0.471. The van der Waals surface area contributed by atoms with Crippen LogP contribution in [0.3, 0.4) is 0 Å². The zero-order chi connectivity index (χ0) is 14.7. The normalized spacial score (nSPS) is 16.1. The van der Waals surface area contributed by atoms with E-state index in [0.717, 1.165) is 25.4 Å². The molecule has 1 unspecified atom stereocenters. The summed E-state index contributed by atoms with van der Waals surface area (Å²) in [4.78, 5) is 1.47. The molecular formula is C17H19Br2NS. The monoisotopic (exact) mass is 427 g/mol. The Balaban J connectivity index is 1.65. The van der Waals surface area contributed by atoms with Gasteiger partial charge in [-0.3, -0.25) is 0 Å². The fourth-order valence-corrected chi connectivity index (χ4v) is 4.62. The van der Waals surface area contributed by atoms with E-state index in [1.165, 1.54) is 31.5 Å². The Morgan fingerprint density at radius 2 is 2.00 bits per heavy atom. The van der Waals surface area contributed by atoms with E-state index in [1.807, 2.05) is 11.3 Å². The SMILES string of the molecule is Brc1cccc(CC(CNC2CC2)Cc2ccc(Br)s2)c1. The molecule has 1 atom stereocenters. The number of thiophene rings is 1. The van der Waals surface area contributed by atoms with Gasteiger partial charge >= 0.3 is 0 Å². The fraction of sp³-hybridized carbons (Fsp3) is 0.412. The van der Waals surface area contributed by atoms with Gasteiger partial charge in [0, 0.05) is 15.4 Å². The second-order valence-electron chi connectivity index (χ2n) is 5.79. The molecule has 1 aliphatic rings. The maximum atomic E-state index is 3.70. The molecule has 1 aliphatic carbocycles. The van der Waals surface area contributed by atoms with Crippen LogP contribution in [0.25, 0.3) is 0 Å². The molecule has 0 spiro atoms. The van der Waals surface area contributed by atoms with Crippen molar-refractivity contribution in [3.8, 4) is 0 Å². The van der Waals surface area contributed by atoms with E-state index in [4.69, 9.17) is 0 Å². The summed E-state index contributed by atoms with van der Waals surface area (Å²) in [5.41, 5.74) is 1.42. The average molecular weight is 429 g/mol. The summed E-state index contributed by atoms with van der Waals surface area (Å²) < 4.78 is 2.40. The third-order valence-corrected chi connectivity index (χ3v) is 5.94. The summed E-state index contributed by atoms with van der Waals surface area (Å²) in [5.74, 6) is 0.658. The lowest BCUT2D eigenvalue weighted by Crippen LogP contribution is -2.27. The summed E-state index contributed by atoms with van der Waals surface area (Å²) in [5, 5.41) is 3.70. The van der Waals surface area contributed by atoms with Gasteiger partial charge in [0.05, 0.1) is 3.79 Å². The highest BCUT2D eigenvalue weighted by molar-refractivity contribution is 9.11. The maximum absolute atomic E-state index is 3.70. The average Bonchev–Trinajstić information content (AvgIpc) is 3.19. The molecule has 0 amide bonds. The van der Waals surface area contributed by atoms with Crippen molar-refractivity contribution in [1.29, 1.82) is 0 Å². The molecule has 1 heterocycles. The van der Waals surface area contributed by atoms with Gasteiger partial charge < -0.3 is 5.32 Å². The standard InChI is InChI=1S/C17H19Br2NS/c18-14-3-1-2-12(9-14)8-13(11-20-15-4-5-15)10-16-6-7-17(19)21-16/h1-3,6-7,9,13,15,20H,4-5,8,10-11H2. The van der Waals surface area contributed by atoms with Crippen molar-refractivity contribution < 1.29 is 0 Å². The van der Waals surface area contributed by atoms with Crippen LogP contribution in [0.2, 0.25) is 0 Å². The van der Waals surface area contributed by atoms with Crippen molar-refractivity contribution in [2.45, 2.75) is 31.7 Å². The highest BCUT2D eigenvalue weighted by Gasteiger charge is 2.22. The van der Waals surface area contributed by atoms with E-state index < -0.39 is 0 Å². The van der Waals surface area contributed by atoms with E-state index in [9.17, 15) is 0 Å². The fourth-order valence-electron chi connectivity index (χ4n) is 2.58. The Labute approximate surface area is 147 Å². The van der Waals surface area contributed by atoms with Crippen LogP contribution in [-0.4, -0.2) is 12.6 Å². The van der Waals surface area contributed by atoms with Gasteiger partial charge in [-0.25, -0.2) is 0 Å². The first-order valence-corrected chi connectivity index (χ1v) is 9.81. The molecule has 0 radical (unpaired) electrons. The summed E-state index contributed by atoms with van der Waals surface area (Å²) in [7, 11) is 0. The molecule has 0 bridgehead atoms.